The zero-order valence-corrected chi connectivity index (χ0v) is 16.8. The monoisotopic (exact) mass is 413 g/mol. The molecule has 2 saturated heterocycles. The summed E-state index contributed by atoms with van der Waals surface area (Å²) in [4.78, 5) is 52.5. The quantitative estimate of drug-likeness (QED) is 0.295. The highest BCUT2D eigenvalue weighted by atomic mass is 16.3. The van der Waals surface area contributed by atoms with Gasteiger partial charge in [-0.2, -0.15) is 0 Å². The molecule has 7 N–H and O–H groups in total. The number of amides is 4. The number of likely N-dealkylation sites (tertiary alicyclic amines) is 2. The van der Waals surface area contributed by atoms with Gasteiger partial charge in [-0.15, -0.1) is 0 Å². The van der Waals surface area contributed by atoms with Crippen LogP contribution in [0.15, 0.2) is 0 Å². The molecule has 2 aliphatic rings. The Morgan fingerprint density at radius 2 is 1.52 bits per heavy atom. The third-order valence-corrected chi connectivity index (χ3v) is 5.55. The van der Waals surface area contributed by atoms with Crippen LogP contribution >= 0.6 is 0 Å². The fourth-order valence-corrected chi connectivity index (χ4v) is 3.86. The highest BCUT2D eigenvalue weighted by molar-refractivity contribution is 5.95. The number of nitrogens with two attached hydrogens (primary N) is 2. The van der Waals surface area contributed by atoms with E-state index < -0.39 is 54.1 Å². The number of carbonyl (C=O) groups is 4. The zero-order valence-electron chi connectivity index (χ0n) is 16.8. The van der Waals surface area contributed by atoms with E-state index >= 15 is 0 Å². The van der Waals surface area contributed by atoms with Crippen LogP contribution in [0.2, 0.25) is 0 Å². The Labute approximate surface area is 169 Å². The van der Waals surface area contributed by atoms with Crippen LogP contribution in [-0.4, -0.2) is 93.1 Å². The van der Waals surface area contributed by atoms with Gasteiger partial charge in [-0.25, -0.2) is 0 Å². The first kappa shape index (κ1) is 23.0. The van der Waals surface area contributed by atoms with E-state index in [0.717, 1.165) is 0 Å². The molecule has 0 aromatic heterocycles. The number of hydrogen-bond donors (Lipinski definition) is 5. The van der Waals surface area contributed by atoms with Gasteiger partial charge in [-0.05, 0) is 39.5 Å². The smallest absolute Gasteiger partial charge is 0.246 e. The van der Waals surface area contributed by atoms with Crippen molar-refractivity contribution in [3.8, 4) is 0 Å². The molecule has 2 fully saturated rings. The van der Waals surface area contributed by atoms with E-state index in [1.54, 1.807) is 0 Å². The van der Waals surface area contributed by atoms with E-state index in [2.05, 4.69) is 5.32 Å². The fourth-order valence-electron chi connectivity index (χ4n) is 3.86. The van der Waals surface area contributed by atoms with Crippen LogP contribution < -0.4 is 16.8 Å². The normalized spacial score (nSPS) is 26.0. The van der Waals surface area contributed by atoms with Gasteiger partial charge in [0.1, 0.15) is 24.2 Å². The van der Waals surface area contributed by atoms with Gasteiger partial charge in [0.25, 0.3) is 0 Å². The van der Waals surface area contributed by atoms with Gasteiger partial charge >= 0.3 is 0 Å². The molecule has 0 aromatic carbocycles. The van der Waals surface area contributed by atoms with Gasteiger partial charge in [0.2, 0.25) is 23.6 Å². The molecule has 0 unspecified atom stereocenters. The predicted octanol–water partition coefficient (Wildman–Crippen LogP) is -2.97. The average Bonchev–Trinajstić information content (AvgIpc) is 3.32. The third-order valence-electron chi connectivity index (χ3n) is 5.55. The molecule has 0 radical (unpaired) electrons. The molecular weight excluding hydrogens is 382 g/mol. The molecule has 0 saturated carbocycles. The maximum Gasteiger partial charge on any atom is 0.246 e. The van der Waals surface area contributed by atoms with Crippen LogP contribution in [0.3, 0.4) is 0 Å². The van der Waals surface area contributed by atoms with E-state index in [1.807, 2.05) is 0 Å². The van der Waals surface area contributed by atoms with E-state index in [0.29, 0.717) is 38.8 Å². The van der Waals surface area contributed by atoms with Crippen molar-refractivity contribution in [3.63, 3.8) is 0 Å². The van der Waals surface area contributed by atoms with Crippen LogP contribution in [-0.2, 0) is 19.2 Å². The van der Waals surface area contributed by atoms with E-state index in [9.17, 15) is 29.4 Å². The minimum absolute atomic E-state index is 0.341. The second kappa shape index (κ2) is 9.51. The first-order chi connectivity index (χ1) is 13.6. The minimum atomic E-state index is -1.26. The number of hydrogen-bond acceptors (Lipinski definition) is 7. The van der Waals surface area contributed by atoms with Gasteiger partial charge in [0.15, 0.2) is 0 Å². The Morgan fingerprint density at radius 3 is 2.03 bits per heavy atom. The lowest BCUT2D eigenvalue weighted by Crippen LogP contribution is -2.58. The zero-order chi connectivity index (χ0) is 21.9. The number of rotatable bonds is 7. The Balaban J connectivity index is 2.11. The average molecular weight is 413 g/mol. The number of carbonyl (C=O) groups excluding carboxylic acids is 4. The van der Waals surface area contributed by atoms with E-state index in [-0.39, 0.29) is 5.91 Å². The Kier molecular flexibility index (Phi) is 7.55. The van der Waals surface area contributed by atoms with Crippen molar-refractivity contribution in [1.29, 1.82) is 0 Å². The first-order valence-corrected chi connectivity index (χ1v) is 9.88. The number of nitrogens with one attached hydrogen (secondary N) is 1. The van der Waals surface area contributed by atoms with Crippen LogP contribution in [0.1, 0.15) is 39.5 Å². The van der Waals surface area contributed by atoms with Crippen molar-refractivity contribution in [3.05, 3.63) is 0 Å². The summed E-state index contributed by atoms with van der Waals surface area (Å²) in [7, 11) is 0. The summed E-state index contributed by atoms with van der Waals surface area (Å²) in [5, 5.41) is 21.6. The lowest BCUT2D eigenvalue weighted by atomic mass is 10.1. The molecule has 0 bridgehead atoms. The summed E-state index contributed by atoms with van der Waals surface area (Å²) in [5.74, 6) is -2.31. The molecule has 6 atom stereocenters. The molecular formula is C18H31N5O6. The molecule has 0 spiro atoms. The Bertz CT molecular complexity index is 655. The molecule has 0 aliphatic carbocycles. The Morgan fingerprint density at radius 1 is 0.966 bits per heavy atom. The molecule has 164 valence electrons. The summed E-state index contributed by atoms with van der Waals surface area (Å²) < 4.78 is 0. The van der Waals surface area contributed by atoms with Gasteiger partial charge in [0.05, 0.1) is 12.2 Å². The number of primary amides is 1. The summed E-state index contributed by atoms with van der Waals surface area (Å²) in [6.07, 6.45) is -0.170. The largest absolute Gasteiger partial charge is 0.391 e. The minimum Gasteiger partial charge on any atom is -0.391 e. The SMILES string of the molecule is C[C@@H](O)[C@@H](N)C(=O)N1CCC[C@@H]1C(=O)N1CCC[C@@H]1C(=O)N[C@@H](C(N)=O)[C@@H](C)O. The van der Waals surface area contributed by atoms with Crippen molar-refractivity contribution >= 4 is 23.6 Å². The number of aliphatic hydroxyl groups excluding tert-OH is 2. The van der Waals surface area contributed by atoms with Crippen molar-refractivity contribution in [1.82, 2.24) is 15.1 Å². The third kappa shape index (κ3) is 5.03. The fraction of sp³-hybridized carbons (Fsp3) is 0.778. The van der Waals surface area contributed by atoms with Gasteiger partial charge < -0.3 is 36.8 Å². The van der Waals surface area contributed by atoms with Crippen molar-refractivity contribution < 1.29 is 29.4 Å². The van der Waals surface area contributed by atoms with E-state index in [1.165, 1.54) is 23.6 Å². The number of aliphatic hydroxyl groups is 2. The van der Waals surface area contributed by atoms with Crippen LogP contribution in [0.5, 0.6) is 0 Å². The second-order valence-corrected chi connectivity index (χ2v) is 7.77. The van der Waals surface area contributed by atoms with Crippen molar-refractivity contribution in [2.24, 2.45) is 11.5 Å². The molecule has 0 aromatic rings. The maximum atomic E-state index is 13.1. The van der Waals surface area contributed by atoms with Gasteiger partial charge in [-0.3, -0.25) is 19.2 Å². The van der Waals surface area contributed by atoms with E-state index in [4.69, 9.17) is 11.5 Å². The summed E-state index contributed by atoms with van der Waals surface area (Å²) in [6, 6.07) is -3.94. The van der Waals surface area contributed by atoms with Crippen LogP contribution in [0.4, 0.5) is 0 Å². The van der Waals surface area contributed by atoms with Crippen LogP contribution in [0.25, 0.3) is 0 Å². The first-order valence-electron chi connectivity index (χ1n) is 9.88. The highest BCUT2D eigenvalue weighted by Crippen LogP contribution is 2.25. The molecule has 11 heteroatoms. The Hall–Kier alpha value is -2.24. The molecule has 2 rings (SSSR count). The summed E-state index contributed by atoms with van der Waals surface area (Å²) in [6.45, 7) is 3.44. The summed E-state index contributed by atoms with van der Waals surface area (Å²) in [5.41, 5.74) is 11.0. The standard InChI is InChI=1S/C18H31N5O6/c1-9(24)13(19)18(29)23-8-4-6-12(23)17(28)22-7-3-5-11(22)16(27)21-14(10(2)25)15(20)26/h9-14,24-25H,3-8,19H2,1-2H3,(H2,20,26)(H,21,27)/t9-,10-,11-,12-,13-,14-/m1/s1. The van der Waals surface area contributed by atoms with Crippen molar-refractivity contribution in [2.75, 3.05) is 13.1 Å². The molecule has 4 amide bonds. The predicted molar refractivity (Wildman–Crippen MR) is 102 cm³/mol. The van der Waals surface area contributed by atoms with Crippen molar-refractivity contribution in [2.45, 2.75) is 75.9 Å². The van der Waals surface area contributed by atoms with Gasteiger partial charge in [-0.1, -0.05) is 0 Å². The lowest BCUT2D eigenvalue weighted by Gasteiger charge is -2.33. The van der Waals surface area contributed by atoms with Crippen LogP contribution in [0, 0.1) is 0 Å². The second-order valence-electron chi connectivity index (χ2n) is 7.77. The highest BCUT2D eigenvalue weighted by Gasteiger charge is 2.43. The van der Waals surface area contributed by atoms with Gasteiger partial charge in [0, 0.05) is 13.1 Å². The molecule has 29 heavy (non-hydrogen) atoms. The topological polar surface area (TPSA) is 179 Å². The molecule has 2 aliphatic heterocycles. The lowest BCUT2D eigenvalue weighted by molar-refractivity contribution is -0.148. The molecule has 2 heterocycles. The maximum absolute atomic E-state index is 13.1. The number of nitrogens with zero attached hydrogens (tertiary/aromatic N) is 2. The summed E-state index contributed by atoms with van der Waals surface area (Å²) >= 11 is 0. The molecule has 11 nitrogen and oxygen atoms in total.